The molecule has 0 aliphatic heterocycles. The molecule has 0 atom stereocenters. The van der Waals surface area contributed by atoms with E-state index in [4.69, 9.17) is 16.7 Å². The maximum Gasteiger partial charge on any atom is 0.296 e. The van der Waals surface area contributed by atoms with Crippen molar-refractivity contribution >= 4 is 23.4 Å². The molecule has 0 bridgehead atoms. The maximum atomic E-state index is 10.6. The molecule has 1 heterocycles. The number of aliphatic hydroxyl groups is 1. The molecule has 0 fully saturated rings. The van der Waals surface area contributed by atoms with Crippen LogP contribution in [0.5, 0.6) is 0 Å². The summed E-state index contributed by atoms with van der Waals surface area (Å²) in [6, 6.07) is 1.24. The number of halogens is 1. The highest BCUT2D eigenvalue weighted by atomic mass is 35.5. The monoisotopic (exact) mass is 228 g/mol. The summed E-state index contributed by atoms with van der Waals surface area (Å²) < 4.78 is 0. The third-order valence-electron chi connectivity index (χ3n) is 1.63. The molecular formula is C9H9ClN2O3. The van der Waals surface area contributed by atoms with Crippen LogP contribution in [0.4, 0.5) is 5.69 Å². The van der Waals surface area contributed by atoms with E-state index in [1.807, 2.05) is 0 Å². The lowest BCUT2D eigenvalue weighted by Crippen LogP contribution is -1.94. The van der Waals surface area contributed by atoms with E-state index in [1.54, 1.807) is 6.08 Å². The molecule has 0 unspecified atom stereocenters. The highest BCUT2D eigenvalue weighted by Crippen LogP contribution is 2.21. The number of pyridine rings is 1. The molecule has 0 aromatic carbocycles. The van der Waals surface area contributed by atoms with Crippen LogP contribution in [0.3, 0.4) is 0 Å². The minimum absolute atomic E-state index is 0.00210. The van der Waals surface area contributed by atoms with E-state index in [0.29, 0.717) is 6.42 Å². The molecular weight excluding hydrogens is 220 g/mol. The second-order valence-electron chi connectivity index (χ2n) is 2.73. The molecule has 0 saturated carbocycles. The molecule has 0 radical (unpaired) electrons. The SMILES string of the molecule is O=[N+]([O-])c1cc(Cl)cnc1C=CCCO. The summed E-state index contributed by atoms with van der Waals surface area (Å²) in [5.41, 5.74) is 0.0922. The highest BCUT2D eigenvalue weighted by molar-refractivity contribution is 6.30. The van der Waals surface area contributed by atoms with Crippen molar-refractivity contribution in [2.75, 3.05) is 6.61 Å². The van der Waals surface area contributed by atoms with Crippen molar-refractivity contribution in [2.24, 2.45) is 0 Å². The molecule has 80 valence electrons. The van der Waals surface area contributed by atoms with E-state index < -0.39 is 4.92 Å². The zero-order valence-electron chi connectivity index (χ0n) is 7.76. The number of nitrogens with zero attached hydrogens (tertiary/aromatic N) is 2. The molecule has 0 amide bonds. The summed E-state index contributed by atoms with van der Waals surface area (Å²) in [5, 5.41) is 19.4. The lowest BCUT2D eigenvalue weighted by molar-refractivity contribution is -0.385. The Labute approximate surface area is 91.2 Å². The molecule has 0 saturated heterocycles. The number of nitro groups is 1. The first-order valence-corrected chi connectivity index (χ1v) is 4.60. The highest BCUT2D eigenvalue weighted by Gasteiger charge is 2.12. The predicted octanol–water partition coefficient (Wildman–Crippen LogP) is 2.04. The summed E-state index contributed by atoms with van der Waals surface area (Å²) in [5.74, 6) is 0. The molecule has 6 heteroatoms. The normalized spacial score (nSPS) is 10.8. The van der Waals surface area contributed by atoms with E-state index in [9.17, 15) is 10.1 Å². The van der Waals surface area contributed by atoms with Crippen LogP contribution in [0.1, 0.15) is 12.1 Å². The van der Waals surface area contributed by atoms with Gasteiger partial charge in [-0.25, -0.2) is 4.98 Å². The zero-order valence-corrected chi connectivity index (χ0v) is 8.52. The second kappa shape index (κ2) is 5.43. The van der Waals surface area contributed by atoms with Crippen LogP contribution in [0, 0.1) is 10.1 Å². The van der Waals surface area contributed by atoms with E-state index in [0.717, 1.165) is 0 Å². The minimum Gasteiger partial charge on any atom is -0.396 e. The lowest BCUT2D eigenvalue weighted by atomic mass is 10.2. The van der Waals surface area contributed by atoms with Gasteiger partial charge < -0.3 is 5.11 Å². The van der Waals surface area contributed by atoms with Crippen molar-refractivity contribution in [1.82, 2.24) is 4.98 Å². The Morgan fingerprint density at radius 3 is 3.00 bits per heavy atom. The van der Waals surface area contributed by atoms with Gasteiger partial charge in [-0.3, -0.25) is 10.1 Å². The van der Waals surface area contributed by atoms with Crippen LogP contribution < -0.4 is 0 Å². The van der Waals surface area contributed by atoms with Crippen molar-refractivity contribution in [1.29, 1.82) is 0 Å². The van der Waals surface area contributed by atoms with Crippen molar-refractivity contribution in [3.8, 4) is 0 Å². The quantitative estimate of drug-likeness (QED) is 0.632. The third kappa shape index (κ3) is 3.30. The molecule has 0 aliphatic rings. The number of aliphatic hydroxyl groups excluding tert-OH is 1. The summed E-state index contributed by atoms with van der Waals surface area (Å²) in [6.45, 7) is -0.00210. The van der Waals surface area contributed by atoms with E-state index in [-0.39, 0.29) is 23.0 Å². The fraction of sp³-hybridized carbons (Fsp3) is 0.222. The molecule has 1 N–H and O–H groups in total. The lowest BCUT2D eigenvalue weighted by Gasteiger charge is -1.96. The van der Waals surface area contributed by atoms with E-state index in [1.165, 1.54) is 18.3 Å². The molecule has 1 aromatic heterocycles. The Morgan fingerprint density at radius 1 is 1.67 bits per heavy atom. The van der Waals surface area contributed by atoms with Gasteiger partial charge in [0.25, 0.3) is 5.69 Å². The van der Waals surface area contributed by atoms with Gasteiger partial charge in [-0.15, -0.1) is 0 Å². The fourth-order valence-electron chi connectivity index (χ4n) is 0.983. The number of aromatic nitrogens is 1. The van der Waals surface area contributed by atoms with Gasteiger partial charge in [-0.05, 0) is 12.5 Å². The molecule has 15 heavy (non-hydrogen) atoms. The Morgan fingerprint density at radius 2 is 2.40 bits per heavy atom. The van der Waals surface area contributed by atoms with Crippen LogP contribution in [-0.2, 0) is 0 Å². The van der Waals surface area contributed by atoms with Crippen molar-refractivity contribution in [2.45, 2.75) is 6.42 Å². The number of hydrogen-bond acceptors (Lipinski definition) is 4. The largest absolute Gasteiger partial charge is 0.396 e. The average Bonchev–Trinajstić information content (AvgIpc) is 2.20. The molecule has 1 rings (SSSR count). The van der Waals surface area contributed by atoms with E-state index >= 15 is 0 Å². The smallest absolute Gasteiger partial charge is 0.296 e. The van der Waals surface area contributed by atoms with E-state index in [2.05, 4.69) is 4.98 Å². The second-order valence-corrected chi connectivity index (χ2v) is 3.17. The fourth-order valence-corrected chi connectivity index (χ4v) is 1.14. The number of hydrogen-bond donors (Lipinski definition) is 1. The van der Waals surface area contributed by atoms with Crippen LogP contribution >= 0.6 is 11.6 Å². The molecule has 1 aromatic rings. The van der Waals surface area contributed by atoms with Gasteiger partial charge in [0.05, 0.1) is 9.95 Å². The molecule has 0 aliphatic carbocycles. The standard InChI is InChI=1S/C9H9ClN2O3/c10-7-5-9(12(14)15)8(11-6-7)3-1-2-4-13/h1,3,5-6,13H,2,4H2. The molecule has 0 spiro atoms. The zero-order chi connectivity index (χ0) is 11.3. The van der Waals surface area contributed by atoms with Gasteiger partial charge in [0.1, 0.15) is 5.69 Å². The van der Waals surface area contributed by atoms with Crippen LogP contribution in [0.15, 0.2) is 18.3 Å². The van der Waals surface area contributed by atoms with Gasteiger partial charge in [-0.1, -0.05) is 17.7 Å². The Kier molecular flexibility index (Phi) is 4.20. The summed E-state index contributed by atoms with van der Waals surface area (Å²) in [4.78, 5) is 13.9. The van der Waals surface area contributed by atoms with Crippen LogP contribution in [-0.4, -0.2) is 21.6 Å². The maximum absolute atomic E-state index is 10.6. The topological polar surface area (TPSA) is 76.3 Å². The van der Waals surface area contributed by atoms with Crippen LogP contribution in [0.2, 0.25) is 5.02 Å². The van der Waals surface area contributed by atoms with Crippen molar-refractivity contribution < 1.29 is 10.0 Å². The Balaban J connectivity index is 3.01. The average molecular weight is 229 g/mol. The van der Waals surface area contributed by atoms with Crippen molar-refractivity contribution in [3.63, 3.8) is 0 Å². The third-order valence-corrected chi connectivity index (χ3v) is 1.84. The Hall–Kier alpha value is -1.46. The van der Waals surface area contributed by atoms with Gasteiger partial charge >= 0.3 is 0 Å². The number of rotatable bonds is 4. The van der Waals surface area contributed by atoms with Gasteiger partial charge in [0, 0.05) is 18.9 Å². The minimum atomic E-state index is -0.544. The summed E-state index contributed by atoms with van der Waals surface area (Å²) >= 11 is 5.59. The summed E-state index contributed by atoms with van der Waals surface area (Å²) in [7, 11) is 0. The molecule has 5 nitrogen and oxygen atoms in total. The van der Waals surface area contributed by atoms with Gasteiger partial charge in [0.15, 0.2) is 0 Å². The van der Waals surface area contributed by atoms with Gasteiger partial charge in [0.2, 0.25) is 0 Å². The first-order chi connectivity index (χ1) is 7.15. The van der Waals surface area contributed by atoms with Crippen molar-refractivity contribution in [3.05, 3.63) is 39.2 Å². The summed E-state index contributed by atoms with van der Waals surface area (Å²) in [6.07, 6.45) is 4.88. The predicted molar refractivity (Wildman–Crippen MR) is 56.6 cm³/mol. The Bertz CT molecular complexity index is 393. The first kappa shape index (κ1) is 11.6. The first-order valence-electron chi connectivity index (χ1n) is 4.22. The van der Waals surface area contributed by atoms with Crippen LogP contribution in [0.25, 0.3) is 6.08 Å². The van der Waals surface area contributed by atoms with Gasteiger partial charge in [-0.2, -0.15) is 0 Å².